The van der Waals surface area contributed by atoms with Gasteiger partial charge >= 0.3 is 0 Å². The summed E-state index contributed by atoms with van der Waals surface area (Å²) in [4.78, 5) is 5.59. The summed E-state index contributed by atoms with van der Waals surface area (Å²) in [7, 11) is 3.41. The number of aromatic nitrogens is 2. The van der Waals surface area contributed by atoms with E-state index in [1.54, 1.807) is 31.1 Å². The molecule has 0 bridgehead atoms. The largest absolute Gasteiger partial charge is 0.501 e. The number of nitrogens with zero attached hydrogens (tertiary/aromatic N) is 4. The van der Waals surface area contributed by atoms with Gasteiger partial charge in [-0.1, -0.05) is 0 Å². The first kappa shape index (κ1) is 18.3. The van der Waals surface area contributed by atoms with E-state index in [-0.39, 0.29) is 23.5 Å². The van der Waals surface area contributed by atoms with Crippen LogP contribution < -0.4 is 9.64 Å². The number of aryl methyl sites for hydroxylation is 1. The van der Waals surface area contributed by atoms with Crippen LogP contribution in [0, 0.1) is 12.4 Å². The Hall–Kier alpha value is -2.11. The number of benzene rings is 1. The minimum Gasteiger partial charge on any atom is -0.501 e. The fourth-order valence-electron chi connectivity index (χ4n) is 3.45. The van der Waals surface area contributed by atoms with E-state index < -0.39 is 5.82 Å². The molecule has 4 rings (SSSR count). The van der Waals surface area contributed by atoms with Gasteiger partial charge in [0.1, 0.15) is 11.6 Å². The van der Waals surface area contributed by atoms with Crippen LogP contribution in [0.4, 0.5) is 15.8 Å². The van der Waals surface area contributed by atoms with E-state index >= 15 is 4.39 Å². The lowest BCUT2D eigenvalue weighted by Gasteiger charge is -2.23. The van der Waals surface area contributed by atoms with Crippen molar-refractivity contribution in [2.75, 3.05) is 25.1 Å². The molecule has 1 aromatic carbocycles. The predicted octanol–water partition coefficient (Wildman–Crippen LogP) is 4.31. The van der Waals surface area contributed by atoms with Crippen molar-refractivity contribution in [2.24, 2.45) is 7.05 Å². The highest BCUT2D eigenvalue weighted by atomic mass is 79.9. The van der Waals surface area contributed by atoms with E-state index in [9.17, 15) is 0 Å². The van der Waals surface area contributed by atoms with Crippen LogP contribution in [0.25, 0.3) is 16.1 Å². The molecule has 1 aromatic heterocycles. The highest BCUT2D eigenvalue weighted by Crippen LogP contribution is 2.48. The number of hydrogen-bond donors (Lipinski definition) is 0. The zero-order valence-corrected chi connectivity index (χ0v) is 16.8. The molecule has 1 saturated carbocycles. The second-order valence-electron chi connectivity index (χ2n) is 6.92. The van der Waals surface area contributed by atoms with Gasteiger partial charge in [0, 0.05) is 32.8 Å². The molecule has 1 aliphatic carbocycles. The third kappa shape index (κ3) is 3.30. The number of methoxy groups -OCH3 is 1. The summed E-state index contributed by atoms with van der Waals surface area (Å²) in [6.45, 7) is 8.98. The van der Waals surface area contributed by atoms with E-state index in [1.807, 2.05) is 4.90 Å². The molecule has 27 heavy (non-hydrogen) atoms. The standard InChI is InChI=1S/C19H20BrFN4O2/c1-22-18-15(27-11-4-5-11)8-14(25-7-6-12(10-25)26-3)17(21)16(18)19-13(20)9-23-24(19)2/h8-9,11-12H,4-7,10H2,2-3H3. The van der Waals surface area contributed by atoms with Crippen molar-refractivity contribution in [3.05, 3.63) is 34.0 Å². The Morgan fingerprint density at radius 2 is 2.11 bits per heavy atom. The van der Waals surface area contributed by atoms with Crippen LogP contribution in [0.1, 0.15) is 19.3 Å². The molecule has 0 spiro atoms. The Bertz CT molecular complexity index is 900. The molecule has 2 fully saturated rings. The first-order valence-corrected chi connectivity index (χ1v) is 9.69. The quantitative estimate of drug-likeness (QED) is 0.657. The van der Waals surface area contributed by atoms with Gasteiger partial charge in [0.25, 0.3) is 0 Å². The highest BCUT2D eigenvalue weighted by molar-refractivity contribution is 9.10. The van der Waals surface area contributed by atoms with Crippen molar-refractivity contribution >= 4 is 27.3 Å². The van der Waals surface area contributed by atoms with Crippen LogP contribution in [0.3, 0.4) is 0 Å². The summed E-state index contributed by atoms with van der Waals surface area (Å²) >= 11 is 3.44. The van der Waals surface area contributed by atoms with Crippen LogP contribution in [0.5, 0.6) is 5.75 Å². The van der Waals surface area contributed by atoms with Crippen molar-refractivity contribution in [1.82, 2.24) is 9.78 Å². The maximum absolute atomic E-state index is 15.7. The molecular formula is C19H20BrFN4O2. The Morgan fingerprint density at radius 1 is 1.33 bits per heavy atom. The topological polar surface area (TPSA) is 43.9 Å². The van der Waals surface area contributed by atoms with Crippen molar-refractivity contribution in [3.8, 4) is 17.0 Å². The van der Waals surface area contributed by atoms with E-state index in [2.05, 4.69) is 25.9 Å². The van der Waals surface area contributed by atoms with Gasteiger partial charge in [-0.15, -0.1) is 0 Å². The Morgan fingerprint density at radius 3 is 2.67 bits per heavy atom. The SMILES string of the molecule is [C-]#[N+]c1c(OC2CC2)cc(N2CCC(OC)C2)c(F)c1-c1c(Br)cnn1C. The third-order valence-corrected chi connectivity index (χ3v) is 5.64. The monoisotopic (exact) mass is 434 g/mol. The maximum atomic E-state index is 15.7. The molecule has 0 radical (unpaired) electrons. The lowest BCUT2D eigenvalue weighted by atomic mass is 10.1. The maximum Gasteiger partial charge on any atom is 0.240 e. The summed E-state index contributed by atoms with van der Waals surface area (Å²) < 4.78 is 29.3. The zero-order valence-electron chi connectivity index (χ0n) is 15.2. The second-order valence-corrected chi connectivity index (χ2v) is 7.77. The Labute approximate surface area is 165 Å². The van der Waals surface area contributed by atoms with Crippen LogP contribution in [-0.4, -0.2) is 42.2 Å². The van der Waals surface area contributed by atoms with E-state index in [0.717, 1.165) is 19.3 Å². The molecule has 1 unspecified atom stereocenters. The van der Waals surface area contributed by atoms with Gasteiger partial charge in [-0.3, -0.25) is 4.68 Å². The number of hydrogen-bond acceptors (Lipinski definition) is 4. The minimum atomic E-state index is -0.426. The van der Waals surface area contributed by atoms with Crippen molar-refractivity contribution in [3.63, 3.8) is 0 Å². The Balaban J connectivity index is 1.90. The van der Waals surface area contributed by atoms with Gasteiger partial charge in [-0.2, -0.15) is 5.10 Å². The van der Waals surface area contributed by atoms with Gasteiger partial charge in [-0.05, 0) is 41.3 Å². The summed E-state index contributed by atoms with van der Waals surface area (Å²) in [5, 5.41) is 4.19. The zero-order chi connectivity index (χ0) is 19.1. The Kier molecular flexibility index (Phi) is 4.82. The van der Waals surface area contributed by atoms with Crippen molar-refractivity contribution in [1.29, 1.82) is 0 Å². The molecule has 2 aromatic rings. The van der Waals surface area contributed by atoms with Crippen LogP contribution in [0.15, 0.2) is 16.7 Å². The molecule has 0 N–H and O–H groups in total. The van der Waals surface area contributed by atoms with Gasteiger partial charge in [0.05, 0.1) is 40.8 Å². The van der Waals surface area contributed by atoms with E-state index in [4.69, 9.17) is 16.0 Å². The van der Waals surface area contributed by atoms with Crippen molar-refractivity contribution < 1.29 is 13.9 Å². The van der Waals surface area contributed by atoms with Gasteiger partial charge in [0.2, 0.25) is 5.69 Å². The summed E-state index contributed by atoms with van der Waals surface area (Å²) in [5.74, 6) is 0.0121. The molecule has 2 heterocycles. The number of halogens is 2. The van der Waals surface area contributed by atoms with E-state index in [0.29, 0.717) is 34.7 Å². The lowest BCUT2D eigenvalue weighted by molar-refractivity contribution is 0.121. The molecule has 8 heteroatoms. The number of ether oxygens (including phenoxy) is 2. The number of anilines is 1. The van der Waals surface area contributed by atoms with Crippen LogP contribution in [0.2, 0.25) is 0 Å². The fraction of sp³-hybridized carbons (Fsp3) is 0.474. The van der Waals surface area contributed by atoms with Gasteiger partial charge in [0.15, 0.2) is 0 Å². The molecule has 2 aliphatic rings. The normalized spacial score (nSPS) is 19.4. The van der Waals surface area contributed by atoms with Crippen LogP contribution in [-0.2, 0) is 11.8 Å². The first-order valence-electron chi connectivity index (χ1n) is 8.89. The smallest absolute Gasteiger partial charge is 0.240 e. The minimum absolute atomic E-state index is 0.0737. The van der Waals surface area contributed by atoms with Crippen LogP contribution >= 0.6 is 15.9 Å². The van der Waals surface area contributed by atoms with Gasteiger partial charge < -0.3 is 14.4 Å². The third-order valence-electron chi connectivity index (χ3n) is 5.06. The molecule has 6 nitrogen and oxygen atoms in total. The fourth-order valence-corrected chi connectivity index (χ4v) is 4.00. The first-order chi connectivity index (χ1) is 13.0. The highest BCUT2D eigenvalue weighted by Gasteiger charge is 2.32. The summed E-state index contributed by atoms with van der Waals surface area (Å²) in [6.07, 6.45) is 4.55. The molecule has 1 atom stereocenters. The number of rotatable bonds is 5. The molecule has 0 amide bonds. The average molecular weight is 435 g/mol. The summed E-state index contributed by atoms with van der Waals surface area (Å²) in [6, 6.07) is 1.67. The second kappa shape index (κ2) is 7.13. The van der Waals surface area contributed by atoms with Gasteiger partial charge in [-0.25, -0.2) is 9.24 Å². The van der Waals surface area contributed by atoms with E-state index in [1.165, 1.54) is 0 Å². The molecular weight excluding hydrogens is 415 g/mol. The molecule has 142 valence electrons. The predicted molar refractivity (Wildman–Crippen MR) is 104 cm³/mol. The lowest BCUT2D eigenvalue weighted by Crippen LogP contribution is -2.23. The average Bonchev–Trinajstić information content (AvgIpc) is 3.24. The molecule has 1 aliphatic heterocycles. The summed E-state index contributed by atoms with van der Waals surface area (Å²) in [5.41, 5.74) is 1.39. The van der Waals surface area contributed by atoms with Crippen molar-refractivity contribution in [2.45, 2.75) is 31.5 Å². The molecule has 1 saturated heterocycles.